The zero-order chi connectivity index (χ0) is 22.9. The monoisotopic (exact) mass is 441 g/mol. The minimum Gasteiger partial charge on any atom is -0.397 e. The molecule has 33 heavy (non-hydrogen) atoms. The van der Waals surface area contributed by atoms with Gasteiger partial charge in [0.15, 0.2) is 0 Å². The summed E-state index contributed by atoms with van der Waals surface area (Å²) in [7, 11) is 0. The third-order valence-corrected chi connectivity index (χ3v) is 6.23. The Morgan fingerprint density at radius 1 is 1.03 bits per heavy atom. The molecule has 7 heteroatoms. The Kier molecular flexibility index (Phi) is 5.83. The normalized spacial score (nSPS) is 19.2. The standard InChI is InChI=1S/C26H31N7/c1-17-5-4-6-24(31-17)26-25(20-7-8-23-21(11-20)12-22(27)13-28-23)29-16-33(26)10-9-32-14-18(2)30-19(3)15-32/h4-8,11-13,16,18-19,30H,9-10,14-15,27H2,1-3H3. The maximum atomic E-state index is 5.98. The molecule has 0 radical (unpaired) electrons. The Morgan fingerprint density at radius 3 is 2.64 bits per heavy atom. The molecular weight excluding hydrogens is 410 g/mol. The molecule has 0 saturated carbocycles. The predicted octanol–water partition coefficient (Wildman–Crippen LogP) is 3.73. The molecule has 1 fully saturated rings. The quantitative estimate of drug-likeness (QED) is 0.491. The number of nitrogens with one attached hydrogen (secondary N) is 1. The first kappa shape index (κ1) is 21.6. The van der Waals surface area contributed by atoms with Crippen LogP contribution in [0, 0.1) is 6.92 Å². The van der Waals surface area contributed by atoms with E-state index in [1.165, 1.54) is 0 Å². The molecule has 1 saturated heterocycles. The van der Waals surface area contributed by atoms with Crippen LogP contribution in [-0.4, -0.2) is 56.1 Å². The van der Waals surface area contributed by atoms with E-state index in [9.17, 15) is 0 Å². The lowest BCUT2D eigenvalue weighted by molar-refractivity contribution is 0.168. The Balaban J connectivity index is 1.52. The molecule has 4 heterocycles. The summed E-state index contributed by atoms with van der Waals surface area (Å²) in [5.74, 6) is 0. The molecule has 7 nitrogen and oxygen atoms in total. The molecule has 0 spiro atoms. The van der Waals surface area contributed by atoms with Gasteiger partial charge in [-0.3, -0.25) is 14.9 Å². The summed E-state index contributed by atoms with van der Waals surface area (Å²) in [6.45, 7) is 10.5. The number of benzene rings is 1. The van der Waals surface area contributed by atoms with Crippen molar-refractivity contribution in [1.29, 1.82) is 0 Å². The molecule has 0 bridgehead atoms. The SMILES string of the molecule is Cc1cccc(-c2c(-c3ccc4ncc(N)cc4c3)ncn2CCN2CC(C)NC(C)C2)n1. The number of anilines is 1. The van der Waals surface area contributed by atoms with Gasteiger partial charge in [0.2, 0.25) is 0 Å². The van der Waals surface area contributed by atoms with Crippen LogP contribution in [0.2, 0.25) is 0 Å². The van der Waals surface area contributed by atoms with Crippen molar-refractivity contribution < 1.29 is 0 Å². The number of hydrogen-bond acceptors (Lipinski definition) is 6. The zero-order valence-electron chi connectivity index (χ0n) is 19.5. The van der Waals surface area contributed by atoms with Gasteiger partial charge in [-0.2, -0.15) is 0 Å². The second kappa shape index (κ2) is 8.92. The van der Waals surface area contributed by atoms with Gasteiger partial charge < -0.3 is 15.6 Å². The summed E-state index contributed by atoms with van der Waals surface area (Å²) in [6, 6.07) is 15.3. The minimum atomic E-state index is 0.503. The molecule has 2 unspecified atom stereocenters. The van der Waals surface area contributed by atoms with E-state index in [1.54, 1.807) is 6.20 Å². The van der Waals surface area contributed by atoms with Crippen molar-refractivity contribution in [3.63, 3.8) is 0 Å². The highest BCUT2D eigenvalue weighted by atomic mass is 15.2. The number of aromatic nitrogens is 4. The molecule has 3 N–H and O–H groups in total. The van der Waals surface area contributed by atoms with Gasteiger partial charge in [-0.1, -0.05) is 12.1 Å². The number of piperazine rings is 1. The number of fused-ring (bicyclic) bond motifs is 1. The van der Waals surface area contributed by atoms with E-state index >= 15 is 0 Å². The molecule has 4 aromatic rings. The van der Waals surface area contributed by atoms with Crippen LogP contribution in [0.15, 0.2) is 55.0 Å². The Labute approximate surface area is 194 Å². The minimum absolute atomic E-state index is 0.503. The number of aryl methyl sites for hydroxylation is 1. The largest absolute Gasteiger partial charge is 0.397 e. The van der Waals surface area contributed by atoms with Gasteiger partial charge in [0.25, 0.3) is 0 Å². The summed E-state index contributed by atoms with van der Waals surface area (Å²) >= 11 is 0. The molecule has 170 valence electrons. The van der Waals surface area contributed by atoms with Crippen LogP contribution < -0.4 is 11.1 Å². The second-order valence-corrected chi connectivity index (χ2v) is 9.20. The summed E-state index contributed by atoms with van der Waals surface area (Å²) in [4.78, 5) is 16.7. The lowest BCUT2D eigenvalue weighted by atomic mass is 10.0. The fourth-order valence-electron chi connectivity index (χ4n) is 4.87. The number of nitrogens with zero attached hydrogens (tertiary/aromatic N) is 5. The van der Waals surface area contributed by atoms with Crippen molar-refractivity contribution in [2.75, 3.05) is 25.4 Å². The molecule has 1 aromatic carbocycles. The first-order chi connectivity index (χ1) is 16.0. The molecule has 0 amide bonds. The first-order valence-electron chi connectivity index (χ1n) is 11.6. The molecule has 3 aromatic heterocycles. The van der Waals surface area contributed by atoms with E-state index in [2.05, 4.69) is 57.9 Å². The summed E-state index contributed by atoms with van der Waals surface area (Å²) in [6.07, 6.45) is 3.64. The van der Waals surface area contributed by atoms with Crippen LogP contribution in [-0.2, 0) is 6.54 Å². The number of rotatable bonds is 5. The predicted molar refractivity (Wildman–Crippen MR) is 134 cm³/mol. The van der Waals surface area contributed by atoms with Gasteiger partial charge in [-0.15, -0.1) is 0 Å². The first-order valence-corrected chi connectivity index (χ1v) is 11.6. The van der Waals surface area contributed by atoms with Crippen LogP contribution in [0.4, 0.5) is 5.69 Å². The Bertz CT molecular complexity index is 1270. The van der Waals surface area contributed by atoms with Crippen LogP contribution in [0.3, 0.4) is 0 Å². The highest BCUT2D eigenvalue weighted by Gasteiger charge is 2.22. The van der Waals surface area contributed by atoms with Crippen molar-refractivity contribution >= 4 is 16.6 Å². The second-order valence-electron chi connectivity index (χ2n) is 9.20. The number of nitrogens with two attached hydrogens (primary N) is 1. The number of nitrogen functional groups attached to an aromatic ring is 1. The summed E-state index contributed by atoms with van der Waals surface area (Å²) in [5.41, 5.74) is 12.5. The van der Waals surface area contributed by atoms with E-state index in [-0.39, 0.29) is 0 Å². The molecule has 5 rings (SSSR count). The molecule has 1 aliphatic rings. The maximum Gasteiger partial charge on any atom is 0.0979 e. The van der Waals surface area contributed by atoms with E-state index in [4.69, 9.17) is 15.7 Å². The summed E-state index contributed by atoms with van der Waals surface area (Å²) in [5, 5.41) is 4.62. The average Bonchev–Trinajstić information content (AvgIpc) is 3.20. The number of imidazole rings is 1. The third kappa shape index (κ3) is 4.60. The Hall–Kier alpha value is -3.29. The number of pyridine rings is 2. The van der Waals surface area contributed by atoms with E-state index in [0.29, 0.717) is 17.8 Å². The average molecular weight is 442 g/mol. The van der Waals surface area contributed by atoms with Crippen molar-refractivity contribution in [1.82, 2.24) is 29.7 Å². The Morgan fingerprint density at radius 2 is 1.85 bits per heavy atom. The van der Waals surface area contributed by atoms with Gasteiger partial charge in [0.05, 0.1) is 40.8 Å². The third-order valence-electron chi connectivity index (χ3n) is 6.23. The highest BCUT2D eigenvalue weighted by molar-refractivity contribution is 5.88. The smallest absolute Gasteiger partial charge is 0.0979 e. The fraction of sp³-hybridized carbons (Fsp3) is 0.346. The van der Waals surface area contributed by atoms with Gasteiger partial charge in [-0.25, -0.2) is 4.98 Å². The molecular formula is C26H31N7. The molecule has 2 atom stereocenters. The van der Waals surface area contributed by atoms with Crippen LogP contribution in [0.1, 0.15) is 19.5 Å². The number of hydrogen-bond donors (Lipinski definition) is 2. The van der Waals surface area contributed by atoms with Crippen LogP contribution in [0.25, 0.3) is 33.5 Å². The van der Waals surface area contributed by atoms with Gasteiger partial charge in [0, 0.05) is 54.9 Å². The van der Waals surface area contributed by atoms with E-state index < -0.39 is 0 Å². The van der Waals surface area contributed by atoms with Crippen molar-refractivity contribution in [3.05, 3.63) is 60.7 Å². The van der Waals surface area contributed by atoms with Gasteiger partial charge in [-0.05, 0) is 51.1 Å². The lowest BCUT2D eigenvalue weighted by Gasteiger charge is -2.36. The van der Waals surface area contributed by atoms with Crippen molar-refractivity contribution in [2.45, 2.75) is 39.4 Å². The van der Waals surface area contributed by atoms with E-state index in [1.807, 2.05) is 31.5 Å². The van der Waals surface area contributed by atoms with Crippen LogP contribution in [0.5, 0.6) is 0 Å². The summed E-state index contributed by atoms with van der Waals surface area (Å²) < 4.78 is 2.25. The topological polar surface area (TPSA) is 84.9 Å². The van der Waals surface area contributed by atoms with E-state index in [0.717, 1.165) is 65.4 Å². The molecule has 1 aliphatic heterocycles. The van der Waals surface area contributed by atoms with Gasteiger partial charge in [0.1, 0.15) is 0 Å². The zero-order valence-corrected chi connectivity index (χ0v) is 19.5. The molecule has 0 aliphatic carbocycles. The van der Waals surface area contributed by atoms with Gasteiger partial charge >= 0.3 is 0 Å². The van der Waals surface area contributed by atoms with Crippen LogP contribution >= 0.6 is 0 Å². The fourth-order valence-corrected chi connectivity index (χ4v) is 4.87. The highest BCUT2D eigenvalue weighted by Crippen LogP contribution is 2.32. The lowest BCUT2D eigenvalue weighted by Crippen LogP contribution is -2.54. The van der Waals surface area contributed by atoms with Crippen molar-refractivity contribution in [3.8, 4) is 22.6 Å². The maximum absolute atomic E-state index is 5.98. The van der Waals surface area contributed by atoms with Crippen molar-refractivity contribution in [2.24, 2.45) is 0 Å².